The van der Waals surface area contributed by atoms with E-state index in [2.05, 4.69) is 14.6 Å². The van der Waals surface area contributed by atoms with Crippen LogP contribution in [0.1, 0.15) is 16.2 Å². The third-order valence-corrected chi connectivity index (χ3v) is 4.32. The Balaban J connectivity index is 1.90. The Bertz CT molecular complexity index is 575. The van der Waals surface area contributed by atoms with E-state index in [1.165, 1.54) is 11.4 Å². The van der Waals surface area contributed by atoms with E-state index in [1.54, 1.807) is 6.07 Å². The number of aromatic amines is 1. The number of nitrogens with two attached hydrogens (primary N) is 1. The number of hydrogen-bond donors (Lipinski definition) is 2. The maximum absolute atomic E-state index is 11.3. The average molecular weight is 302 g/mol. The van der Waals surface area contributed by atoms with Gasteiger partial charge in [0.2, 0.25) is 0 Å². The Hall–Kier alpha value is -1.42. The van der Waals surface area contributed by atoms with Gasteiger partial charge >= 0.3 is 5.97 Å². The molecule has 2 heterocycles. The number of esters is 1. The van der Waals surface area contributed by atoms with E-state index >= 15 is 0 Å². The lowest BCUT2D eigenvalue weighted by atomic mass is 10.3. The number of nitrogens with one attached hydrogen (secondary N) is 1. The van der Waals surface area contributed by atoms with Gasteiger partial charge in [-0.1, -0.05) is 0 Å². The highest BCUT2D eigenvalue weighted by atomic mass is 32.2. The molecule has 0 aromatic carbocycles. The van der Waals surface area contributed by atoms with E-state index in [1.807, 2.05) is 6.07 Å². The first-order valence-electron chi connectivity index (χ1n) is 6.16. The second-order valence-corrected chi connectivity index (χ2v) is 6.16. The molecular formula is C11H18N4O4S. The molecule has 0 radical (unpaired) electrons. The van der Waals surface area contributed by atoms with Crippen LogP contribution in [0.5, 0.6) is 0 Å². The van der Waals surface area contributed by atoms with E-state index in [-0.39, 0.29) is 0 Å². The quantitative estimate of drug-likeness (QED) is 0.702. The van der Waals surface area contributed by atoms with Crippen molar-refractivity contribution in [3.05, 3.63) is 23.5 Å². The van der Waals surface area contributed by atoms with Crippen molar-refractivity contribution in [2.24, 2.45) is 5.14 Å². The SMILES string of the molecule is COC(=O)c1ccc(CN2CCN(S(N)(=O)=O)CC2)[nH]1. The van der Waals surface area contributed by atoms with Crippen molar-refractivity contribution < 1.29 is 17.9 Å². The number of carbonyl (C=O) groups is 1. The molecule has 0 aliphatic carbocycles. The monoisotopic (exact) mass is 302 g/mol. The predicted octanol–water partition coefficient (Wildman–Crippen LogP) is -0.878. The van der Waals surface area contributed by atoms with Gasteiger partial charge in [0.25, 0.3) is 10.2 Å². The summed E-state index contributed by atoms with van der Waals surface area (Å²) in [6, 6.07) is 3.49. The minimum Gasteiger partial charge on any atom is -0.464 e. The topological polar surface area (TPSA) is 109 Å². The van der Waals surface area contributed by atoms with Gasteiger partial charge in [-0.3, -0.25) is 4.90 Å². The van der Waals surface area contributed by atoms with Crippen LogP contribution >= 0.6 is 0 Å². The van der Waals surface area contributed by atoms with Gasteiger partial charge in [0.1, 0.15) is 5.69 Å². The number of hydrogen-bond acceptors (Lipinski definition) is 5. The Morgan fingerprint density at radius 1 is 1.35 bits per heavy atom. The summed E-state index contributed by atoms with van der Waals surface area (Å²) in [6.45, 7) is 2.58. The lowest BCUT2D eigenvalue weighted by molar-refractivity contribution is 0.0594. The molecule has 1 aromatic heterocycles. The molecule has 112 valence electrons. The highest BCUT2D eigenvalue weighted by Crippen LogP contribution is 2.10. The number of methoxy groups -OCH3 is 1. The first-order valence-corrected chi connectivity index (χ1v) is 7.67. The van der Waals surface area contributed by atoms with Gasteiger partial charge in [-0.25, -0.2) is 9.93 Å². The summed E-state index contributed by atoms with van der Waals surface area (Å²) in [5, 5.41) is 5.08. The van der Waals surface area contributed by atoms with Crippen LogP contribution in [0.4, 0.5) is 0 Å². The van der Waals surface area contributed by atoms with Gasteiger partial charge in [-0.2, -0.15) is 12.7 Å². The summed E-state index contributed by atoms with van der Waals surface area (Å²) >= 11 is 0. The molecular weight excluding hydrogens is 284 g/mol. The molecule has 9 heteroatoms. The molecule has 20 heavy (non-hydrogen) atoms. The van der Waals surface area contributed by atoms with Gasteiger partial charge in [-0.05, 0) is 12.1 Å². The minimum absolute atomic E-state index is 0.378. The second-order valence-electron chi connectivity index (χ2n) is 4.61. The van der Waals surface area contributed by atoms with Crippen LogP contribution in [-0.4, -0.2) is 61.9 Å². The molecule has 3 N–H and O–H groups in total. The number of H-pyrrole nitrogens is 1. The summed E-state index contributed by atoms with van der Waals surface area (Å²) in [5.74, 6) is -0.407. The summed E-state index contributed by atoms with van der Waals surface area (Å²) in [5.41, 5.74) is 1.29. The number of nitrogens with zero attached hydrogens (tertiary/aromatic N) is 2. The fraction of sp³-hybridized carbons (Fsp3) is 0.545. The van der Waals surface area contributed by atoms with E-state index in [0.29, 0.717) is 38.4 Å². The van der Waals surface area contributed by atoms with Gasteiger partial charge in [-0.15, -0.1) is 0 Å². The van der Waals surface area contributed by atoms with Crippen molar-refractivity contribution >= 4 is 16.2 Å². The zero-order valence-electron chi connectivity index (χ0n) is 11.2. The number of piperazine rings is 1. The molecule has 1 fully saturated rings. The van der Waals surface area contributed by atoms with E-state index in [4.69, 9.17) is 5.14 Å². The third-order valence-electron chi connectivity index (χ3n) is 3.24. The Kier molecular flexibility index (Phi) is 4.43. The largest absolute Gasteiger partial charge is 0.464 e. The lowest BCUT2D eigenvalue weighted by Crippen LogP contribution is -2.50. The molecule has 8 nitrogen and oxygen atoms in total. The normalized spacial score (nSPS) is 18.1. The molecule has 0 amide bonds. The summed E-state index contributed by atoms with van der Waals surface area (Å²) in [4.78, 5) is 16.4. The van der Waals surface area contributed by atoms with Crippen LogP contribution in [0.25, 0.3) is 0 Å². The van der Waals surface area contributed by atoms with Gasteiger partial charge < -0.3 is 9.72 Å². The van der Waals surface area contributed by atoms with Crippen molar-refractivity contribution in [2.45, 2.75) is 6.54 Å². The summed E-state index contributed by atoms with van der Waals surface area (Å²) in [6.07, 6.45) is 0. The van der Waals surface area contributed by atoms with E-state index in [0.717, 1.165) is 5.69 Å². The van der Waals surface area contributed by atoms with Crippen molar-refractivity contribution in [2.75, 3.05) is 33.3 Å². The van der Waals surface area contributed by atoms with Crippen LogP contribution in [-0.2, 0) is 21.5 Å². The molecule has 1 saturated heterocycles. The minimum atomic E-state index is -3.60. The average Bonchev–Trinajstić information content (AvgIpc) is 2.86. The van der Waals surface area contributed by atoms with Crippen LogP contribution < -0.4 is 5.14 Å². The van der Waals surface area contributed by atoms with Crippen LogP contribution in [0, 0.1) is 0 Å². The molecule has 2 rings (SSSR count). The highest BCUT2D eigenvalue weighted by molar-refractivity contribution is 7.86. The van der Waals surface area contributed by atoms with E-state index in [9.17, 15) is 13.2 Å². The molecule has 1 aromatic rings. The lowest BCUT2D eigenvalue weighted by Gasteiger charge is -2.32. The molecule has 0 spiro atoms. The molecule has 1 aliphatic rings. The smallest absolute Gasteiger partial charge is 0.354 e. The fourth-order valence-corrected chi connectivity index (χ4v) is 2.82. The van der Waals surface area contributed by atoms with Crippen molar-refractivity contribution in [3.8, 4) is 0 Å². The van der Waals surface area contributed by atoms with Crippen molar-refractivity contribution in [3.63, 3.8) is 0 Å². The van der Waals surface area contributed by atoms with Gasteiger partial charge in [0.05, 0.1) is 7.11 Å². The van der Waals surface area contributed by atoms with Crippen LogP contribution in [0.15, 0.2) is 12.1 Å². The maximum Gasteiger partial charge on any atom is 0.354 e. The Morgan fingerprint density at radius 3 is 2.55 bits per heavy atom. The third kappa shape index (κ3) is 3.57. The number of carbonyl (C=O) groups excluding carboxylic acids is 1. The van der Waals surface area contributed by atoms with Crippen LogP contribution in [0.3, 0.4) is 0 Å². The summed E-state index contributed by atoms with van der Waals surface area (Å²) in [7, 11) is -2.27. The van der Waals surface area contributed by atoms with E-state index < -0.39 is 16.2 Å². The predicted molar refractivity (Wildman–Crippen MR) is 72.1 cm³/mol. The highest BCUT2D eigenvalue weighted by Gasteiger charge is 2.24. The van der Waals surface area contributed by atoms with Crippen LogP contribution in [0.2, 0.25) is 0 Å². The number of rotatable bonds is 4. The number of aromatic nitrogens is 1. The summed E-state index contributed by atoms with van der Waals surface area (Å²) < 4.78 is 28.3. The zero-order valence-corrected chi connectivity index (χ0v) is 12.0. The molecule has 0 unspecified atom stereocenters. The maximum atomic E-state index is 11.3. The fourth-order valence-electron chi connectivity index (χ4n) is 2.14. The first kappa shape index (κ1) is 15.0. The van der Waals surface area contributed by atoms with Crippen molar-refractivity contribution in [1.29, 1.82) is 0 Å². The molecule has 0 bridgehead atoms. The Morgan fingerprint density at radius 2 is 2.00 bits per heavy atom. The first-order chi connectivity index (χ1) is 9.40. The zero-order chi connectivity index (χ0) is 14.8. The molecule has 0 atom stereocenters. The standard InChI is InChI=1S/C11H18N4O4S/c1-19-11(16)10-3-2-9(13-10)8-14-4-6-15(7-5-14)20(12,17)18/h2-3,13H,4-8H2,1H3,(H2,12,17,18). The molecule has 0 saturated carbocycles. The second kappa shape index (κ2) is 5.92. The molecule has 1 aliphatic heterocycles. The number of ether oxygens (including phenoxy) is 1. The van der Waals surface area contributed by atoms with Crippen molar-refractivity contribution in [1.82, 2.24) is 14.2 Å². The van der Waals surface area contributed by atoms with Gasteiger partial charge in [0, 0.05) is 38.4 Å². The van der Waals surface area contributed by atoms with Gasteiger partial charge in [0.15, 0.2) is 0 Å². The Labute approximate surface area is 117 Å².